The van der Waals surface area contributed by atoms with Gasteiger partial charge in [0, 0.05) is 6.61 Å². The maximum Gasteiger partial charge on any atom is 0.105 e. The summed E-state index contributed by atoms with van der Waals surface area (Å²) < 4.78 is 5.63. The summed E-state index contributed by atoms with van der Waals surface area (Å²) in [5.41, 5.74) is 2.30. The zero-order valence-electron chi connectivity index (χ0n) is 10.7. The smallest absolute Gasteiger partial charge is 0.105 e. The first kappa shape index (κ1) is 12.6. The second-order valence-electron chi connectivity index (χ2n) is 5.04. The molecule has 1 aromatic rings. The van der Waals surface area contributed by atoms with Crippen LogP contribution in [0.1, 0.15) is 43.9 Å². The molecule has 94 valence electrons. The Kier molecular flexibility index (Phi) is 4.19. The molecule has 1 fully saturated rings. The highest BCUT2D eigenvalue weighted by molar-refractivity contribution is 5.26. The summed E-state index contributed by atoms with van der Waals surface area (Å²) in [5.74, 6) is 0.444. The van der Waals surface area contributed by atoms with Gasteiger partial charge in [-0.15, -0.1) is 0 Å². The molecule has 1 heterocycles. The fraction of sp³-hybridized carbons (Fsp3) is 0.600. The maximum atomic E-state index is 10.4. The van der Waals surface area contributed by atoms with Crippen molar-refractivity contribution in [3.05, 3.63) is 35.4 Å². The van der Waals surface area contributed by atoms with Gasteiger partial charge in [0.1, 0.15) is 6.10 Å². The van der Waals surface area contributed by atoms with Gasteiger partial charge in [0.25, 0.3) is 0 Å². The number of rotatable bonds is 4. The highest BCUT2D eigenvalue weighted by Crippen LogP contribution is 2.31. The Morgan fingerprint density at radius 1 is 1.47 bits per heavy atom. The van der Waals surface area contributed by atoms with Crippen molar-refractivity contribution in [1.29, 1.82) is 0 Å². The second kappa shape index (κ2) is 5.65. The molecule has 0 saturated carbocycles. The number of hydrogen-bond acceptors (Lipinski definition) is 2. The molecular weight excluding hydrogens is 212 g/mol. The highest BCUT2D eigenvalue weighted by atomic mass is 16.5. The van der Waals surface area contributed by atoms with Gasteiger partial charge in [0.05, 0.1) is 6.10 Å². The lowest BCUT2D eigenvalue weighted by Gasteiger charge is -2.22. The number of aryl methyl sites for hydroxylation is 1. The first-order valence-corrected chi connectivity index (χ1v) is 6.61. The van der Waals surface area contributed by atoms with E-state index in [0.717, 1.165) is 31.4 Å². The van der Waals surface area contributed by atoms with E-state index in [-0.39, 0.29) is 6.10 Å². The van der Waals surface area contributed by atoms with E-state index in [9.17, 15) is 5.11 Å². The molecule has 0 aromatic heterocycles. The average Bonchev–Trinajstić information content (AvgIpc) is 2.75. The van der Waals surface area contributed by atoms with Crippen molar-refractivity contribution in [1.82, 2.24) is 0 Å². The molecule has 1 N–H and O–H groups in total. The van der Waals surface area contributed by atoms with E-state index in [2.05, 4.69) is 26.0 Å². The van der Waals surface area contributed by atoms with Crippen LogP contribution in [0.3, 0.4) is 0 Å². The lowest BCUT2D eigenvalue weighted by molar-refractivity contribution is -0.0178. The SMILES string of the molecule is CCCc1cccc(C(O)C2OCCC2C)c1. The third kappa shape index (κ3) is 2.88. The van der Waals surface area contributed by atoms with Crippen LogP contribution in [-0.4, -0.2) is 17.8 Å². The van der Waals surface area contributed by atoms with E-state index in [1.165, 1.54) is 5.56 Å². The summed E-state index contributed by atoms with van der Waals surface area (Å²) in [6, 6.07) is 8.27. The molecule has 17 heavy (non-hydrogen) atoms. The van der Waals surface area contributed by atoms with Gasteiger partial charge in [-0.25, -0.2) is 0 Å². The van der Waals surface area contributed by atoms with Crippen molar-refractivity contribution >= 4 is 0 Å². The second-order valence-corrected chi connectivity index (χ2v) is 5.04. The van der Waals surface area contributed by atoms with Crippen LogP contribution in [-0.2, 0) is 11.2 Å². The van der Waals surface area contributed by atoms with E-state index in [1.54, 1.807) is 0 Å². The van der Waals surface area contributed by atoms with Crippen LogP contribution >= 0.6 is 0 Å². The summed E-state index contributed by atoms with van der Waals surface area (Å²) in [6.45, 7) is 5.10. The largest absolute Gasteiger partial charge is 0.386 e. The van der Waals surface area contributed by atoms with Crippen LogP contribution < -0.4 is 0 Å². The van der Waals surface area contributed by atoms with Crippen molar-refractivity contribution in [2.45, 2.75) is 45.3 Å². The van der Waals surface area contributed by atoms with Gasteiger partial charge in [0.15, 0.2) is 0 Å². The third-order valence-corrected chi connectivity index (χ3v) is 3.59. The Hall–Kier alpha value is -0.860. The summed E-state index contributed by atoms with van der Waals surface area (Å²) >= 11 is 0. The van der Waals surface area contributed by atoms with Crippen LogP contribution in [0.15, 0.2) is 24.3 Å². The highest BCUT2D eigenvalue weighted by Gasteiger charge is 2.31. The molecule has 3 atom stereocenters. The van der Waals surface area contributed by atoms with Gasteiger partial charge in [0.2, 0.25) is 0 Å². The van der Waals surface area contributed by atoms with Crippen molar-refractivity contribution in [2.75, 3.05) is 6.61 Å². The van der Waals surface area contributed by atoms with Gasteiger partial charge in [-0.2, -0.15) is 0 Å². The van der Waals surface area contributed by atoms with Gasteiger partial charge in [-0.1, -0.05) is 44.5 Å². The third-order valence-electron chi connectivity index (χ3n) is 3.59. The molecule has 1 aliphatic heterocycles. The zero-order valence-corrected chi connectivity index (χ0v) is 10.7. The molecule has 1 saturated heterocycles. The zero-order chi connectivity index (χ0) is 12.3. The van der Waals surface area contributed by atoms with Crippen molar-refractivity contribution in [3.8, 4) is 0 Å². The van der Waals surface area contributed by atoms with Crippen molar-refractivity contribution in [2.24, 2.45) is 5.92 Å². The molecule has 1 aromatic carbocycles. The molecule has 0 bridgehead atoms. The van der Waals surface area contributed by atoms with E-state index >= 15 is 0 Å². The molecule has 0 radical (unpaired) electrons. The van der Waals surface area contributed by atoms with Crippen LogP contribution in [0.5, 0.6) is 0 Å². The van der Waals surface area contributed by atoms with Gasteiger partial charge < -0.3 is 9.84 Å². The molecule has 0 spiro atoms. The number of hydrogen-bond donors (Lipinski definition) is 1. The minimum absolute atomic E-state index is 0.0353. The maximum absolute atomic E-state index is 10.4. The minimum atomic E-state index is -0.482. The normalized spacial score (nSPS) is 26.1. The van der Waals surface area contributed by atoms with Gasteiger partial charge >= 0.3 is 0 Å². The number of aliphatic hydroxyl groups is 1. The van der Waals surface area contributed by atoms with Crippen LogP contribution in [0.4, 0.5) is 0 Å². The predicted molar refractivity (Wildman–Crippen MR) is 68.9 cm³/mol. The lowest BCUT2D eigenvalue weighted by Crippen LogP contribution is -2.23. The molecule has 2 nitrogen and oxygen atoms in total. The quantitative estimate of drug-likeness (QED) is 0.867. The standard InChI is InChI=1S/C15H22O2/c1-3-5-12-6-4-7-13(10-12)14(16)15-11(2)8-9-17-15/h4,6-7,10-11,14-16H,3,5,8-9H2,1-2H3. The predicted octanol–water partition coefficient (Wildman–Crippen LogP) is 3.10. The monoisotopic (exact) mass is 234 g/mol. The summed E-state index contributed by atoms with van der Waals surface area (Å²) in [6.07, 6.45) is 2.74. The Morgan fingerprint density at radius 2 is 2.29 bits per heavy atom. The van der Waals surface area contributed by atoms with Crippen molar-refractivity contribution < 1.29 is 9.84 Å². The molecule has 0 amide bonds. The minimum Gasteiger partial charge on any atom is -0.386 e. The summed E-state index contributed by atoms with van der Waals surface area (Å²) in [5, 5.41) is 10.4. The Labute approximate surface area is 104 Å². The summed E-state index contributed by atoms with van der Waals surface area (Å²) in [4.78, 5) is 0. The molecule has 2 heteroatoms. The molecule has 2 rings (SSSR count). The van der Waals surface area contributed by atoms with E-state index in [1.807, 2.05) is 12.1 Å². The molecule has 0 aliphatic carbocycles. The number of benzene rings is 1. The number of ether oxygens (including phenoxy) is 1. The van der Waals surface area contributed by atoms with Crippen molar-refractivity contribution in [3.63, 3.8) is 0 Å². The topological polar surface area (TPSA) is 29.5 Å². The van der Waals surface area contributed by atoms with Crippen LogP contribution in [0.2, 0.25) is 0 Å². The molecular formula is C15H22O2. The first-order chi connectivity index (χ1) is 8.22. The lowest BCUT2D eigenvalue weighted by atomic mass is 9.93. The van der Waals surface area contributed by atoms with E-state index in [0.29, 0.717) is 5.92 Å². The summed E-state index contributed by atoms with van der Waals surface area (Å²) in [7, 11) is 0. The Balaban J connectivity index is 2.12. The Bertz CT molecular complexity index is 362. The van der Waals surface area contributed by atoms with Crippen LogP contribution in [0, 0.1) is 5.92 Å². The molecule has 1 aliphatic rings. The Morgan fingerprint density at radius 3 is 2.94 bits per heavy atom. The number of aliphatic hydroxyl groups excluding tert-OH is 1. The average molecular weight is 234 g/mol. The molecule has 3 unspecified atom stereocenters. The fourth-order valence-electron chi connectivity index (χ4n) is 2.53. The van der Waals surface area contributed by atoms with Gasteiger partial charge in [-0.3, -0.25) is 0 Å². The van der Waals surface area contributed by atoms with E-state index < -0.39 is 6.10 Å². The van der Waals surface area contributed by atoms with E-state index in [4.69, 9.17) is 4.74 Å². The van der Waals surface area contributed by atoms with Gasteiger partial charge in [-0.05, 0) is 29.9 Å². The first-order valence-electron chi connectivity index (χ1n) is 6.61. The van der Waals surface area contributed by atoms with Crippen LogP contribution in [0.25, 0.3) is 0 Å². The fourth-order valence-corrected chi connectivity index (χ4v) is 2.53.